The first-order valence-corrected chi connectivity index (χ1v) is 7.12. The van der Waals surface area contributed by atoms with Crippen molar-refractivity contribution in [3.8, 4) is 0 Å². The van der Waals surface area contributed by atoms with Gasteiger partial charge in [-0.05, 0) is 36.6 Å². The van der Waals surface area contributed by atoms with Crippen LogP contribution >= 0.6 is 0 Å². The van der Waals surface area contributed by atoms with Gasteiger partial charge in [-0.25, -0.2) is 0 Å². The Labute approximate surface area is 122 Å². The Kier molecular flexibility index (Phi) is 3.60. The summed E-state index contributed by atoms with van der Waals surface area (Å²) >= 11 is 0. The van der Waals surface area contributed by atoms with Crippen molar-refractivity contribution >= 4 is 23.4 Å². The van der Waals surface area contributed by atoms with Crippen LogP contribution in [0, 0.1) is 0 Å². The van der Waals surface area contributed by atoms with Gasteiger partial charge in [-0.15, -0.1) is 0 Å². The molecule has 1 aromatic rings. The van der Waals surface area contributed by atoms with E-state index in [0.717, 1.165) is 24.1 Å². The second-order valence-electron chi connectivity index (χ2n) is 5.44. The second-order valence-corrected chi connectivity index (χ2v) is 5.44. The van der Waals surface area contributed by atoms with Gasteiger partial charge in [-0.1, -0.05) is 0 Å². The van der Waals surface area contributed by atoms with Gasteiger partial charge in [0.15, 0.2) is 0 Å². The van der Waals surface area contributed by atoms with Crippen molar-refractivity contribution in [2.45, 2.75) is 31.7 Å². The molecule has 1 heterocycles. The van der Waals surface area contributed by atoms with E-state index in [-0.39, 0.29) is 24.1 Å². The Balaban J connectivity index is 1.50. The van der Waals surface area contributed by atoms with Gasteiger partial charge in [0.05, 0.1) is 6.42 Å². The third-order valence-corrected chi connectivity index (χ3v) is 3.57. The third-order valence-electron chi connectivity index (χ3n) is 3.57. The second kappa shape index (κ2) is 5.55. The van der Waals surface area contributed by atoms with E-state index >= 15 is 0 Å². The van der Waals surface area contributed by atoms with E-state index < -0.39 is 0 Å². The molecule has 1 saturated carbocycles. The molecule has 1 aliphatic heterocycles. The number of hydrogen-bond donors (Lipinski definition) is 3. The minimum atomic E-state index is -0.226. The van der Waals surface area contributed by atoms with E-state index in [1.54, 1.807) is 18.2 Å². The predicted molar refractivity (Wildman–Crippen MR) is 76.9 cm³/mol. The average molecular weight is 287 g/mol. The lowest BCUT2D eigenvalue weighted by atomic mass is 10.1. The minimum Gasteiger partial charge on any atom is -0.353 e. The lowest BCUT2D eigenvalue weighted by molar-refractivity contribution is -0.121. The topological polar surface area (TPSA) is 87.3 Å². The molecule has 1 aromatic carbocycles. The van der Waals surface area contributed by atoms with Gasteiger partial charge < -0.3 is 16.0 Å². The molecule has 1 fully saturated rings. The summed E-state index contributed by atoms with van der Waals surface area (Å²) in [7, 11) is 0. The summed E-state index contributed by atoms with van der Waals surface area (Å²) in [5, 5.41) is 8.31. The lowest BCUT2D eigenvalue weighted by Crippen LogP contribution is -2.31. The van der Waals surface area contributed by atoms with Gasteiger partial charge in [-0.3, -0.25) is 14.4 Å². The molecule has 21 heavy (non-hydrogen) atoms. The smallest absolute Gasteiger partial charge is 0.251 e. The van der Waals surface area contributed by atoms with Crippen LogP contribution in [0.4, 0.5) is 5.69 Å². The van der Waals surface area contributed by atoms with Gasteiger partial charge in [0.1, 0.15) is 0 Å². The SMILES string of the molecule is O=C1Cc2cc(C(=O)NCCC(=O)NC3CC3)ccc2N1. The van der Waals surface area contributed by atoms with Crippen LogP contribution in [-0.2, 0) is 16.0 Å². The summed E-state index contributed by atoms with van der Waals surface area (Å²) < 4.78 is 0. The molecule has 1 aliphatic carbocycles. The molecular weight excluding hydrogens is 270 g/mol. The van der Waals surface area contributed by atoms with Crippen molar-refractivity contribution in [2.75, 3.05) is 11.9 Å². The summed E-state index contributed by atoms with van der Waals surface area (Å²) in [5.41, 5.74) is 2.10. The summed E-state index contributed by atoms with van der Waals surface area (Å²) in [6.45, 7) is 0.311. The highest BCUT2D eigenvalue weighted by Gasteiger charge is 2.23. The van der Waals surface area contributed by atoms with Crippen molar-refractivity contribution < 1.29 is 14.4 Å². The van der Waals surface area contributed by atoms with Gasteiger partial charge >= 0.3 is 0 Å². The fraction of sp³-hybridized carbons (Fsp3) is 0.400. The normalized spacial score (nSPS) is 16.1. The Hall–Kier alpha value is -2.37. The Bertz CT molecular complexity index is 608. The number of carbonyl (C=O) groups excluding carboxylic acids is 3. The minimum absolute atomic E-state index is 0.0263. The maximum Gasteiger partial charge on any atom is 0.251 e. The first-order chi connectivity index (χ1) is 10.1. The van der Waals surface area contributed by atoms with Crippen LogP contribution in [0.25, 0.3) is 0 Å². The standard InChI is InChI=1S/C15H17N3O3/c19-13(17-11-2-3-11)5-6-16-15(21)9-1-4-12-10(7-9)8-14(20)18-12/h1,4,7,11H,2-3,5-6,8H2,(H,16,21)(H,17,19)(H,18,20). The van der Waals surface area contributed by atoms with Gasteiger partial charge in [0.25, 0.3) is 5.91 Å². The molecule has 3 rings (SSSR count). The average Bonchev–Trinajstić information content (AvgIpc) is 3.16. The van der Waals surface area contributed by atoms with E-state index in [9.17, 15) is 14.4 Å². The molecule has 6 nitrogen and oxygen atoms in total. The highest BCUT2D eigenvalue weighted by Crippen LogP contribution is 2.23. The highest BCUT2D eigenvalue weighted by atomic mass is 16.2. The van der Waals surface area contributed by atoms with Gasteiger partial charge in [0, 0.05) is 30.3 Å². The van der Waals surface area contributed by atoms with E-state index in [0.29, 0.717) is 24.6 Å². The molecule has 0 spiro atoms. The molecule has 110 valence electrons. The van der Waals surface area contributed by atoms with Crippen molar-refractivity contribution in [1.82, 2.24) is 10.6 Å². The van der Waals surface area contributed by atoms with Crippen molar-refractivity contribution in [1.29, 1.82) is 0 Å². The van der Waals surface area contributed by atoms with Crippen LogP contribution in [0.15, 0.2) is 18.2 Å². The quantitative estimate of drug-likeness (QED) is 0.740. The van der Waals surface area contributed by atoms with Crippen molar-refractivity contribution in [3.05, 3.63) is 29.3 Å². The molecule has 0 radical (unpaired) electrons. The predicted octanol–water partition coefficient (Wildman–Crippen LogP) is 0.580. The van der Waals surface area contributed by atoms with E-state index in [1.165, 1.54) is 0 Å². The number of amides is 3. The largest absolute Gasteiger partial charge is 0.353 e. The van der Waals surface area contributed by atoms with Crippen LogP contribution in [0.1, 0.15) is 35.2 Å². The van der Waals surface area contributed by atoms with Crippen LogP contribution in [0.3, 0.4) is 0 Å². The van der Waals surface area contributed by atoms with Crippen LogP contribution in [0.2, 0.25) is 0 Å². The number of benzene rings is 1. The molecule has 3 amide bonds. The maximum atomic E-state index is 12.0. The zero-order chi connectivity index (χ0) is 14.8. The molecule has 0 atom stereocenters. The number of anilines is 1. The summed E-state index contributed by atoms with van der Waals surface area (Å²) in [5.74, 6) is -0.308. The number of hydrogen-bond acceptors (Lipinski definition) is 3. The number of fused-ring (bicyclic) bond motifs is 1. The summed E-state index contributed by atoms with van der Waals surface area (Å²) in [4.78, 5) is 34.8. The fourth-order valence-electron chi connectivity index (χ4n) is 2.29. The maximum absolute atomic E-state index is 12.0. The zero-order valence-corrected chi connectivity index (χ0v) is 11.6. The van der Waals surface area contributed by atoms with E-state index in [2.05, 4.69) is 16.0 Å². The van der Waals surface area contributed by atoms with Crippen LogP contribution in [-0.4, -0.2) is 30.3 Å². The number of carbonyl (C=O) groups is 3. The molecule has 0 unspecified atom stereocenters. The number of rotatable bonds is 5. The highest BCUT2D eigenvalue weighted by molar-refractivity contribution is 6.01. The van der Waals surface area contributed by atoms with Crippen molar-refractivity contribution in [3.63, 3.8) is 0 Å². The third kappa shape index (κ3) is 3.39. The molecule has 3 N–H and O–H groups in total. The molecule has 0 aromatic heterocycles. The Morgan fingerprint density at radius 3 is 2.86 bits per heavy atom. The first-order valence-electron chi connectivity index (χ1n) is 7.12. The summed E-state index contributed by atoms with van der Waals surface area (Å²) in [6.07, 6.45) is 2.70. The molecule has 0 bridgehead atoms. The lowest BCUT2D eigenvalue weighted by Gasteiger charge is -2.07. The monoisotopic (exact) mass is 287 g/mol. The van der Waals surface area contributed by atoms with E-state index in [4.69, 9.17) is 0 Å². The molecule has 0 saturated heterocycles. The first kappa shape index (κ1) is 13.6. The van der Waals surface area contributed by atoms with Gasteiger partial charge in [-0.2, -0.15) is 0 Å². The van der Waals surface area contributed by atoms with E-state index in [1.807, 2.05) is 0 Å². The number of nitrogens with one attached hydrogen (secondary N) is 3. The summed E-state index contributed by atoms with van der Waals surface area (Å²) in [6, 6.07) is 5.46. The van der Waals surface area contributed by atoms with Crippen LogP contribution < -0.4 is 16.0 Å². The Morgan fingerprint density at radius 2 is 2.10 bits per heavy atom. The van der Waals surface area contributed by atoms with Crippen molar-refractivity contribution in [2.24, 2.45) is 0 Å². The molecular formula is C15H17N3O3. The Morgan fingerprint density at radius 1 is 1.29 bits per heavy atom. The molecule has 6 heteroatoms. The zero-order valence-electron chi connectivity index (χ0n) is 11.6. The van der Waals surface area contributed by atoms with Crippen LogP contribution in [0.5, 0.6) is 0 Å². The molecule has 2 aliphatic rings. The fourth-order valence-corrected chi connectivity index (χ4v) is 2.29. The van der Waals surface area contributed by atoms with Gasteiger partial charge in [0.2, 0.25) is 11.8 Å².